The maximum absolute atomic E-state index is 12.5. The van der Waals surface area contributed by atoms with Gasteiger partial charge in [0.15, 0.2) is 11.6 Å². The molecule has 47 heavy (non-hydrogen) atoms. The summed E-state index contributed by atoms with van der Waals surface area (Å²) in [5.74, 6) is -0.318. The average Bonchev–Trinajstić information content (AvgIpc) is 2.96. The topological polar surface area (TPSA) is 218 Å². The molecule has 0 bridgehead atoms. The first-order valence-corrected chi connectivity index (χ1v) is 13.6. The summed E-state index contributed by atoms with van der Waals surface area (Å²) in [5.41, 5.74) is -5.37. The van der Waals surface area contributed by atoms with Crippen molar-refractivity contribution in [3.63, 3.8) is 0 Å². The number of Topliss-reactive ketones (excluding diaryl/α,β-unsaturated/α-hetero) is 4. The maximum Gasteiger partial charge on any atom is 2.00 e. The summed E-state index contributed by atoms with van der Waals surface area (Å²) in [6.07, 6.45) is 0. The molecule has 244 valence electrons. The van der Waals surface area contributed by atoms with E-state index in [4.69, 9.17) is 43.5 Å². The normalized spacial score (nSPS) is 10.4. The Morgan fingerprint density at radius 3 is 1.15 bits per heavy atom. The molecule has 0 atom stereocenters. The van der Waals surface area contributed by atoms with E-state index < -0.39 is 77.5 Å². The van der Waals surface area contributed by atoms with Gasteiger partial charge >= 0.3 is 19.5 Å². The van der Waals surface area contributed by atoms with Crippen LogP contribution in [0.5, 0.6) is 11.5 Å². The van der Waals surface area contributed by atoms with Crippen LogP contribution in [0.1, 0.15) is 62.3 Å². The number of nitrogens with zero attached hydrogens (tertiary/aromatic N) is 4. The molecule has 17 heteroatoms. The van der Waals surface area contributed by atoms with Crippen LogP contribution in [0.15, 0.2) is 35.4 Å². The second-order valence-electron chi connectivity index (χ2n) is 11.3. The number of allylic oxidation sites excluding steroid dienone is 2. The van der Waals surface area contributed by atoms with Crippen molar-refractivity contribution in [1.29, 1.82) is 0 Å². The fourth-order valence-corrected chi connectivity index (χ4v) is 3.96. The minimum Gasteiger partial charge on any atom is -0.763 e. The van der Waals surface area contributed by atoms with Crippen LogP contribution in [0.25, 0.3) is 10.8 Å². The minimum absolute atomic E-state index is 0. The largest absolute Gasteiger partial charge is 2.00 e. The first-order valence-electron chi connectivity index (χ1n) is 12.9. The van der Waals surface area contributed by atoms with Gasteiger partial charge < -0.3 is 20.3 Å². The molecule has 0 heterocycles. The van der Waals surface area contributed by atoms with Gasteiger partial charge in [-0.15, -0.1) is 0 Å². The van der Waals surface area contributed by atoms with Crippen molar-refractivity contribution in [3.05, 3.63) is 87.6 Å². The molecule has 0 radical (unpaired) electrons. The Hall–Kier alpha value is -4.38. The Balaban J connectivity index is 0.000000882. The van der Waals surface area contributed by atoms with Gasteiger partial charge in [-0.2, -0.15) is 0 Å². The van der Waals surface area contributed by atoms with Crippen LogP contribution in [0.4, 0.5) is 11.4 Å². The second kappa shape index (κ2) is 17.0. The molecule has 2 rings (SSSR count). The summed E-state index contributed by atoms with van der Waals surface area (Å²) < 4.78 is 9.86. The Kier molecular flexibility index (Phi) is 15.4. The third-order valence-corrected chi connectivity index (χ3v) is 6.51. The maximum atomic E-state index is 12.5. The quantitative estimate of drug-likeness (QED) is 0.0379. The predicted molar refractivity (Wildman–Crippen MR) is 171 cm³/mol. The van der Waals surface area contributed by atoms with Gasteiger partial charge in [0.25, 0.3) is 11.4 Å². The molecule has 2 aromatic rings. The zero-order valence-corrected chi connectivity index (χ0v) is 31.1. The summed E-state index contributed by atoms with van der Waals surface area (Å²) in [7, 11) is 2.55. The van der Waals surface area contributed by atoms with E-state index in [9.17, 15) is 39.4 Å². The van der Waals surface area contributed by atoms with E-state index in [-0.39, 0.29) is 41.0 Å². The van der Waals surface area contributed by atoms with Crippen LogP contribution >= 0.6 is 23.2 Å². The second-order valence-corrected chi connectivity index (χ2v) is 12.1. The third-order valence-electron chi connectivity index (χ3n) is 5.92. The molecule has 0 unspecified atom stereocenters. The first-order chi connectivity index (χ1) is 21.1. The van der Waals surface area contributed by atoms with Crippen LogP contribution in [-0.2, 0) is 29.1 Å². The zero-order chi connectivity index (χ0) is 35.9. The predicted octanol–water partition coefficient (Wildman–Crippen LogP) is 6.44. The van der Waals surface area contributed by atoms with Crippen LogP contribution < -0.4 is 9.47 Å². The molecule has 0 fully saturated rings. The smallest absolute Gasteiger partial charge is 0.763 e. The van der Waals surface area contributed by atoms with Crippen LogP contribution in [0.3, 0.4) is 0 Å². The van der Waals surface area contributed by atoms with Crippen LogP contribution in [-0.4, -0.2) is 58.9 Å². The van der Waals surface area contributed by atoms with Gasteiger partial charge in [0, 0.05) is 23.0 Å². The van der Waals surface area contributed by atoms with Gasteiger partial charge in [0.1, 0.15) is 22.6 Å². The van der Waals surface area contributed by atoms with Crippen molar-refractivity contribution in [3.8, 4) is 11.5 Å². The fraction of sp³-hybridized carbons (Fsp3) is 0.333. The van der Waals surface area contributed by atoms with Gasteiger partial charge in [-0.3, -0.25) is 51.1 Å². The molecule has 14 nitrogen and oxygen atoms in total. The average molecular weight is 741 g/mol. The number of carbonyl (C=O) groups excluding carboxylic acids is 4. The number of ketones is 4. The molecular weight excluding hydrogens is 713 g/mol. The van der Waals surface area contributed by atoms with Gasteiger partial charge in [0.2, 0.25) is 11.6 Å². The number of halogens is 2. The van der Waals surface area contributed by atoms with E-state index in [0.29, 0.717) is 0 Å². The number of nitro groups is 2. The van der Waals surface area contributed by atoms with Crippen molar-refractivity contribution in [2.75, 3.05) is 14.2 Å². The summed E-state index contributed by atoms with van der Waals surface area (Å²) in [5, 5.41) is 40.4. The number of nitro benzene ring substituents is 2. The van der Waals surface area contributed by atoms with Crippen molar-refractivity contribution in [2.45, 2.75) is 41.5 Å². The van der Waals surface area contributed by atoms with Gasteiger partial charge in [-0.05, 0) is 12.1 Å². The van der Waals surface area contributed by atoms with Gasteiger partial charge in [-0.25, -0.2) is 0 Å². The molecule has 0 saturated heterocycles. The standard InChI is InChI=1S/2C15H14ClN2O5.Zn/c2*1-15(2,3)14(20)9(7-17)13(19)8-5-12(23-4)10(16)6-11(8)18(21)22;/h2*5-6H,1-4H3;/q2*-1;+2. The zero-order valence-electron chi connectivity index (χ0n) is 26.6. The Morgan fingerprint density at radius 1 is 0.681 bits per heavy atom. The number of rotatable bonds is 10. The van der Waals surface area contributed by atoms with E-state index in [2.05, 4.69) is 0 Å². The summed E-state index contributed by atoms with van der Waals surface area (Å²) in [6.45, 7) is 9.23. The molecule has 0 N–H and O–H groups in total. The monoisotopic (exact) mass is 738 g/mol. The summed E-state index contributed by atoms with van der Waals surface area (Å²) in [6, 6.07) is 4.00. The van der Waals surface area contributed by atoms with Crippen molar-refractivity contribution >= 4 is 69.4 Å². The van der Waals surface area contributed by atoms with Crippen molar-refractivity contribution in [2.24, 2.45) is 10.8 Å². The molecule has 0 aromatic heterocycles. The summed E-state index contributed by atoms with van der Waals surface area (Å²) in [4.78, 5) is 70.0. The molecule has 2 aromatic carbocycles. The van der Waals surface area contributed by atoms with Gasteiger partial charge in [-0.1, -0.05) is 64.7 Å². The third kappa shape index (κ3) is 10.3. The molecule has 0 saturated carbocycles. The van der Waals surface area contributed by atoms with E-state index in [1.165, 1.54) is 55.8 Å². The number of hydrogen-bond donors (Lipinski definition) is 0. The van der Waals surface area contributed by atoms with Crippen molar-refractivity contribution in [1.82, 2.24) is 0 Å². The number of ether oxygens (including phenoxy) is 2. The van der Waals surface area contributed by atoms with Crippen molar-refractivity contribution < 1.29 is 58.0 Å². The molecule has 0 aliphatic heterocycles. The summed E-state index contributed by atoms with van der Waals surface area (Å²) >= 11 is 11.6. The van der Waals surface area contributed by atoms with E-state index >= 15 is 0 Å². The van der Waals surface area contributed by atoms with Gasteiger partial charge in [0.05, 0.1) is 45.3 Å². The Labute approximate surface area is 292 Å². The molecule has 0 spiro atoms. The van der Waals surface area contributed by atoms with E-state index in [0.717, 1.165) is 24.3 Å². The fourth-order valence-electron chi connectivity index (χ4n) is 3.49. The van der Waals surface area contributed by atoms with E-state index in [1.54, 1.807) is 11.7 Å². The van der Waals surface area contributed by atoms with E-state index in [1.807, 2.05) is 0 Å². The van der Waals surface area contributed by atoms with Crippen LogP contribution in [0.2, 0.25) is 10.0 Å². The number of benzene rings is 2. The number of methoxy groups -OCH3 is 2. The first kappa shape index (κ1) is 42.6. The molecule has 0 aliphatic rings. The number of carbonyl (C=O) groups is 4. The SMILES string of the molecule is COc1cc(C(=O)C(=C=[N-])C(=O)C(C)(C)C)c([N+](=O)[O-])cc1Cl.COc1cc(C(=O)C(=C=[N-])C(=O)C(C)(C)C)c([N+](=O)[O-])cc1Cl.[Zn+2]. The minimum atomic E-state index is -1.03. The Morgan fingerprint density at radius 2 is 0.957 bits per heavy atom. The van der Waals surface area contributed by atoms with Crippen LogP contribution in [0, 0.1) is 31.1 Å². The number of hydrogen-bond acceptors (Lipinski definition) is 10. The molecule has 0 amide bonds. The Bertz CT molecular complexity index is 1620. The molecule has 0 aliphatic carbocycles. The molecular formula is C30H28Cl2N4O10Zn.